The Morgan fingerprint density at radius 2 is 1.90 bits per heavy atom. The number of ether oxygens (including phenoxy) is 1. The first-order chi connectivity index (χ1) is 10.3. The fourth-order valence-corrected chi connectivity index (χ4v) is 3.66. The molecule has 2 fully saturated rings. The number of fused-ring (bicyclic) bond motifs is 2. The van der Waals surface area contributed by atoms with Crippen LogP contribution in [0, 0.1) is 0 Å². The molecule has 112 valence electrons. The van der Waals surface area contributed by atoms with Crippen LogP contribution in [-0.4, -0.2) is 29.6 Å². The summed E-state index contributed by atoms with van der Waals surface area (Å²) in [5.41, 5.74) is 2.65. The third-order valence-corrected chi connectivity index (χ3v) is 4.58. The molecule has 0 N–H and O–H groups in total. The molecule has 0 aliphatic carbocycles. The van der Waals surface area contributed by atoms with Gasteiger partial charge in [0.25, 0.3) is 0 Å². The molecule has 0 spiro atoms. The Labute approximate surface area is 126 Å². The van der Waals surface area contributed by atoms with E-state index < -0.39 is 0 Å². The Kier molecular flexibility index (Phi) is 4.39. The number of piperidine rings is 1. The minimum Gasteiger partial charge on any atom is -0.463 e. The van der Waals surface area contributed by atoms with Gasteiger partial charge in [-0.25, -0.2) is 4.79 Å². The van der Waals surface area contributed by atoms with E-state index in [4.69, 9.17) is 4.74 Å². The summed E-state index contributed by atoms with van der Waals surface area (Å²) in [5.74, 6) is -0.177. The Balaban J connectivity index is 1.66. The van der Waals surface area contributed by atoms with Crippen LogP contribution in [-0.2, 0) is 16.1 Å². The van der Waals surface area contributed by atoms with Gasteiger partial charge in [0.1, 0.15) is 0 Å². The SMILES string of the molecule is CCOC(=O)C=C1CC2CCC(C1)N2Cc1ccccc1. The van der Waals surface area contributed by atoms with Crippen molar-refractivity contribution in [3.05, 3.63) is 47.5 Å². The van der Waals surface area contributed by atoms with E-state index in [0.717, 1.165) is 19.4 Å². The van der Waals surface area contributed by atoms with Gasteiger partial charge in [-0.3, -0.25) is 4.90 Å². The molecule has 3 rings (SSSR count). The van der Waals surface area contributed by atoms with E-state index in [0.29, 0.717) is 18.7 Å². The topological polar surface area (TPSA) is 29.5 Å². The maximum Gasteiger partial charge on any atom is 0.330 e. The quantitative estimate of drug-likeness (QED) is 0.628. The standard InChI is InChI=1S/C18H23NO2/c1-2-21-18(20)12-15-10-16-8-9-17(11-15)19(16)13-14-6-4-3-5-7-14/h3-7,12,16-17H,2,8-11,13H2,1H3. The summed E-state index contributed by atoms with van der Waals surface area (Å²) in [5, 5.41) is 0. The largest absolute Gasteiger partial charge is 0.463 e. The first-order valence-corrected chi connectivity index (χ1v) is 7.92. The zero-order valence-corrected chi connectivity index (χ0v) is 12.6. The molecule has 3 heteroatoms. The average Bonchev–Trinajstić information content (AvgIpc) is 2.71. The van der Waals surface area contributed by atoms with Crippen molar-refractivity contribution < 1.29 is 9.53 Å². The maximum atomic E-state index is 11.6. The molecule has 1 aromatic rings. The highest BCUT2D eigenvalue weighted by Gasteiger charge is 2.38. The van der Waals surface area contributed by atoms with Gasteiger partial charge in [-0.05, 0) is 38.2 Å². The van der Waals surface area contributed by atoms with Gasteiger partial charge in [0.2, 0.25) is 0 Å². The monoisotopic (exact) mass is 285 g/mol. The Morgan fingerprint density at radius 3 is 2.52 bits per heavy atom. The smallest absolute Gasteiger partial charge is 0.330 e. The maximum absolute atomic E-state index is 11.6. The van der Waals surface area contributed by atoms with Gasteiger partial charge in [-0.1, -0.05) is 35.9 Å². The Bertz CT molecular complexity index is 507. The summed E-state index contributed by atoms with van der Waals surface area (Å²) in [6.45, 7) is 3.33. The van der Waals surface area contributed by atoms with E-state index in [2.05, 4.69) is 35.2 Å². The lowest BCUT2D eigenvalue weighted by atomic mass is 9.95. The van der Waals surface area contributed by atoms with Gasteiger partial charge in [0.15, 0.2) is 0 Å². The van der Waals surface area contributed by atoms with Gasteiger partial charge in [0.05, 0.1) is 6.61 Å². The second-order valence-corrected chi connectivity index (χ2v) is 6.01. The van der Waals surface area contributed by atoms with Crippen LogP contribution >= 0.6 is 0 Å². The number of benzene rings is 1. The summed E-state index contributed by atoms with van der Waals surface area (Å²) in [6, 6.07) is 11.8. The van der Waals surface area contributed by atoms with Gasteiger partial charge >= 0.3 is 5.97 Å². The zero-order chi connectivity index (χ0) is 14.7. The van der Waals surface area contributed by atoms with Crippen molar-refractivity contribution in [2.24, 2.45) is 0 Å². The van der Waals surface area contributed by atoms with Gasteiger partial charge in [-0.15, -0.1) is 0 Å². The molecule has 0 radical (unpaired) electrons. The molecule has 2 saturated heterocycles. The van der Waals surface area contributed by atoms with Crippen LogP contribution < -0.4 is 0 Å². The highest BCUT2D eigenvalue weighted by atomic mass is 16.5. The molecule has 2 unspecified atom stereocenters. The molecule has 2 heterocycles. The zero-order valence-electron chi connectivity index (χ0n) is 12.6. The van der Waals surface area contributed by atoms with Crippen LogP contribution in [0.1, 0.15) is 38.2 Å². The molecule has 2 atom stereocenters. The molecule has 0 aromatic heterocycles. The highest BCUT2D eigenvalue weighted by molar-refractivity contribution is 5.82. The predicted molar refractivity (Wildman–Crippen MR) is 82.7 cm³/mol. The van der Waals surface area contributed by atoms with E-state index in [9.17, 15) is 4.79 Å². The number of rotatable bonds is 4. The van der Waals surface area contributed by atoms with Crippen LogP contribution in [0.15, 0.2) is 42.0 Å². The third-order valence-electron chi connectivity index (χ3n) is 4.58. The van der Waals surface area contributed by atoms with Crippen molar-refractivity contribution in [2.75, 3.05) is 6.61 Å². The van der Waals surface area contributed by atoms with Crippen LogP contribution in [0.25, 0.3) is 0 Å². The lowest BCUT2D eigenvalue weighted by Gasteiger charge is -2.36. The molecule has 0 saturated carbocycles. The molecular formula is C18H23NO2. The molecule has 1 aromatic carbocycles. The molecule has 0 amide bonds. The Hall–Kier alpha value is -1.61. The molecule has 2 aliphatic rings. The lowest BCUT2D eigenvalue weighted by molar-refractivity contribution is -0.137. The van der Waals surface area contributed by atoms with Crippen LogP contribution in [0.3, 0.4) is 0 Å². The molecule has 3 nitrogen and oxygen atoms in total. The average molecular weight is 285 g/mol. The van der Waals surface area contributed by atoms with Gasteiger partial charge in [-0.2, -0.15) is 0 Å². The van der Waals surface area contributed by atoms with Crippen molar-refractivity contribution in [1.29, 1.82) is 0 Å². The van der Waals surface area contributed by atoms with E-state index in [1.165, 1.54) is 24.0 Å². The summed E-state index contributed by atoms with van der Waals surface area (Å²) < 4.78 is 5.03. The number of nitrogens with zero attached hydrogens (tertiary/aromatic N) is 1. The van der Waals surface area contributed by atoms with Crippen LogP contribution in [0.4, 0.5) is 0 Å². The number of esters is 1. The third kappa shape index (κ3) is 3.35. The van der Waals surface area contributed by atoms with E-state index in [-0.39, 0.29) is 5.97 Å². The van der Waals surface area contributed by atoms with Crippen molar-refractivity contribution in [2.45, 2.75) is 51.2 Å². The minimum atomic E-state index is -0.177. The number of carbonyl (C=O) groups is 1. The molecule has 21 heavy (non-hydrogen) atoms. The highest BCUT2D eigenvalue weighted by Crippen LogP contribution is 2.39. The van der Waals surface area contributed by atoms with Crippen molar-refractivity contribution >= 4 is 5.97 Å². The van der Waals surface area contributed by atoms with Gasteiger partial charge < -0.3 is 4.74 Å². The van der Waals surface area contributed by atoms with Crippen molar-refractivity contribution in [1.82, 2.24) is 4.90 Å². The summed E-state index contributed by atoms with van der Waals surface area (Å²) >= 11 is 0. The summed E-state index contributed by atoms with van der Waals surface area (Å²) in [4.78, 5) is 14.2. The van der Waals surface area contributed by atoms with Crippen LogP contribution in [0.5, 0.6) is 0 Å². The lowest BCUT2D eigenvalue weighted by Crippen LogP contribution is -2.40. The van der Waals surface area contributed by atoms with Crippen molar-refractivity contribution in [3.8, 4) is 0 Å². The van der Waals surface area contributed by atoms with E-state index >= 15 is 0 Å². The van der Waals surface area contributed by atoms with Crippen LogP contribution in [0.2, 0.25) is 0 Å². The van der Waals surface area contributed by atoms with E-state index in [1.807, 2.05) is 6.92 Å². The first-order valence-electron chi connectivity index (χ1n) is 7.92. The minimum absolute atomic E-state index is 0.177. The fraction of sp³-hybridized carbons (Fsp3) is 0.500. The molecule has 2 bridgehead atoms. The summed E-state index contributed by atoms with van der Waals surface area (Å²) in [7, 11) is 0. The number of hydrogen-bond donors (Lipinski definition) is 0. The van der Waals surface area contributed by atoms with E-state index in [1.54, 1.807) is 6.08 Å². The number of hydrogen-bond acceptors (Lipinski definition) is 3. The number of carbonyl (C=O) groups excluding carboxylic acids is 1. The second-order valence-electron chi connectivity index (χ2n) is 6.01. The summed E-state index contributed by atoms with van der Waals surface area (Å²) in [6.07, 6.45) is 6.26. The molecular weight excluding hydrogens is 262 g/mol. The normalized spacial score (nSPS) is 24.9. The Morgan fingerprint density at radius 1 is 1.24 bits per heavy atom. The first kappa shape index (κ1) is 14.3. The fourth-order valence-electron chi connectivity index (χ4n) is 3.66. The van der Waals surface area contributed by atoms with Gasteiger partial charge in [0, 0.05) is 24.7 Å². The predicted octanol–water partition coefficient (Wildman–Crippen LogP) is 3.30. The van der Waals surface area contributed by atoms with Crippen molar-refractivity contribution in [3.63, 3.8) is 0 Å². The second kappa shape index (κ2) is 6.44. The molecule has 2 aliphatic heterocycles.